The van der Waals surface area contributed by atoms with Crippen LogP contribution in [0.4, 0.5) is 5.13 Å². The zero-order valence-corrected chi connectivity index (χ0v) is 9.70. The lowest BCUT2D eigenvalue weighted by Crippen LogP contribution is -2.41. The van der Waals surface area contributed by atoms with Crippen molar-refractivity contribution in [3.05, 3.63) is 40.9 Å². The number of anilines is 1. The van der Waals surface area contributed by atoms with Crippen LogP contribution in [-0.4, -0.2) is 10.9 Å². The molecule has 0 amide bonds. The van der Waals surface area contributed by atoms with Gasteiger partial charge >= 0.3 is 5.13 Å². The summed E-state index contributed by atoms with van der Waals surface area (Å²) in [7, 11) is 0. The Bertz CT molecular complexity index is 507. The molecule has 0 saturated carbocycles. The van der Waals surface area contributed by atoms with Gasteiger partial charge in [-0.1, -0.05) is 35.4 Å². The van der Waals surface area contributed by atoms with Gasteiger partial charge in [0.15, 0.2) is 6.54 Å². The molecule has 1 aromatic carbocycles. The summed E-state index contributed by atoms with van der Waals surface area (Å²) in [5.74, 6) is 0.0163. The Morgan fingerprint density at radius 2 is 2.12 bits per heavy atom. The van der Waals surface area contributed by atoms with E-state index >= 15 is 0 Å². The number of carbonyl (C=O) groups is 1. The molecule has 0 atom stereocenters. The van der Waals surface area contributed by atoms with Gasteiger partial charge in [-0.3, -0.25) is 10.5 Å². The molecular weight excluding hydrogens is 222 g/mol. The first-order chi connectivity index (χ1) is 7.66. The van der Waals surface area contributed by atoms with E-state index in [1.807, 2.05) is 25.1 Å². The molecule has 2 N–H and O–H groups in total. The zero-order valence-electron chi connectivity index (χ0n) is 8.88. The van der Waals surface area contributed by atoms with Gasteiger partial charge in [0.2, 0.25) is 5.78 Å². The summed E-state index contributed by atoms with van der Waals surface area (Å²) in [6.45, 7) is 2.06. The average Bonchev–Trinajstić information content (AvgIpc) is 2.59. The molecule has 82 valence electrons. The van der Waals surface area contributed by atoms with Crippen LogP contribution in [0.15, 0.2) is 30.3 Å². The number of benzene rings is 1. The monoisotopic (exact) mass is 234 g/mol. The number of nitrogens with two attached hydrogens (primary N) is 1. The van der Waals surface area contributed by atoms with Crippen LogP contribution in [0.1, 0.15) is 15.4 Å². The van der Waals surface area contributed by atoms with E-state index in [0.717, 1.165) is 5.01 Å². The molecule has 0 spiro atoms. The maximum Gasteiger partial charge on any atom is 0.354 e. The lowest BCUT2D eigenvalue weighted by Gasteiger charge is -1.97. The Balaban J connectivity index is 2.17. The second-order valence-corrected chi connectivity index (χ2v) is 4.62. The molecular formula is C11H12N3OS+. The van der Waals surface area contributed by atoms with Crippen LogP contribution < -0.4 is 10.4 Å². The van der Waals surface area contributed by atoms with E-state index in [0.29, 0.717) is 10.7 Å². The quantitative estimate of drug-likeness (QED) is 0.641. The Hall–Kier alpha value is -1.75. The number of rotatable bonds is 3. The van der Waals surface area contributed by atoms with Crippen molar-refractivity contribution in [3.8, 4) is 0 Å². The molecule has 5 heteroatoms. The molecule has 0 fully saturated rings. The maximum absolute atomic E-state index is 11.9. The number of hydrogen-bond donors (Lipinski definition) is 1. The highest BCUT2D eigenvalue weighted by Crippen LogP contribution is 2.08. The minimum Gasteiger partial charge on any atom is -0.290 e. The normalized spacial score (nSPS) is 10.3. The fourth-order valence-corrected chi connectivity index (χ4v) is 2.06. The third-order valence-corrected chi connectivity index (χ3v) is 2.95. The third-order valence-electron chi connectivity index (χ3n) is 2.16. The SMILES string of the molecule is Cc1n[n+](CC(=O)c2ccccc2)c(N)s1. The summed E-state index contributed by atoms with van der Waals surface area (Å²) in [6, 6.07) is 9.14. The number of hydrogen-bond acceptors (Lipinski definition) is 4. The molecule has 2 aromatic rings. The molecule has 0 unspecified atom stereocenters. The minimum absolute atomic E-state index is 0.0163. The van der Waals surface area contributed by atoms with Crippen LogP contribution in [0.2, 0.25) is 0 Å². The molecule has 0 saturated heterocycles. The molecule has 0 bridgehead atoms. The topological polar surface area (TPSA) is 59.9 Å². The molecule has 0 aliphatic carbocycles. The van der Waals surface area contributed by atoms with Crippen molar-refractivity contribution < 1.29 is 9.48 Å². The van der Waals surface area contributed by atoms with Crippen LogP contribution >= 0.6 is 11.3 Å². The molecule has 1 aromatic heterocycles. The lowest BCUT2D eigenvalue weighted by molar-refractivity contribution is -0.723. The van der Waals surface area contributed by atoms with Crippen LogP contribution in [0, 0.1) is 6.92 Å². The van der Waals surface area contributed by atoms with Gasteiger partial charge in [-0.15, -0.1) is 4.68 Å². The number of Topliss-reactive ketones (excluding diaryl/α,β-unsaturated/α-hetero) is 1. The first-order valence-electron chi connectivity index (χ1n) is 4.88. The summed E-state index contributed by atoms with van der Waals surface area (Å²) in [6.07, 6.45) is 0. The smallest absolute Gasteiger partial charge is 0.290 e. The van der Waals surface area contributed by atoms with Crippen LogP contribution in [-0.2, 0) is 6.54 Å². The average molecular weight is 234 g/mol. The summed E-state index contributed by atoms with van der Waals surface area (Å²) in [4.78, 5) is 11.9. The van der Waals surface area contributed by atoms with E-state index < -0.39 is 0 Å². The fourth-order valence-electron chi connectivity index (χ4n) is 1.41. The Morgan fingerprint density at radius 3 is 2.69 bits per heavy atom. The van der Waals surface area contributed by atoms with Crippen molar-refractivity contribution >= 4 is 22.3 Å². The number of aryl methyl sites for hydroxylation is 1. The molecule has 2 rings (SSSR count). The van der Waals surface area contributed by atoms with Gasteiger partial charge < -0.3 is 0 Å². The standard InChI is InChI=1S/C11H11N3OS/c1-8-13-14(11(12)16-8)7-10(15)9-5-3-2-4-6-9/h2-6,12H,7H2,1H3/p+1. The second-order valence-electron chi connectivity index (χ2n) is 3.41. The highest BCUT2D eigenvalue weighted by atomic mass is 32.1. The first-order valence-corrected chi connectivity index (χ1v) is 5.70. The number of carbonyl (C=O) groups excluding carboxylic acids is 1. The van der Waals surface area contributed by atoms with E-state index in [2.05, 4.69) is 5.10 Å². The van der Waals surface area contributed by atoms with Gasteiger partial charge in [-0.25, -0.2) is 0 Å². The zero-order chi connectivity index (χ0) is 11.5. The summed E-state index contributed by atoms with van der Waals surface area (Å²) < 4.78 is 1.54. The highest BCUT2D eigenvalue weighted by molar-refractivity contribution is 7.14. The largest absolute Gasteiger partial charge is 0.354 e. The van der Waals surface area contributed by atoms with Gasteiger partial charge in [0.25, 0.3) is 0 Å². The third kappa shape index (κ3) is 2.25. The van der Waals surface area contributed by atoms with Gasteiger partial charge in [-0.2, -0.15) is 0 Å². The molecule has 16 heavy (non-hydrogen) atoms. The molecule has 0 radical (unpaired) electrons. The van der Waals surface area contributed by atoms with Crippen molar-refractivity contribution in [2.24, 2.45) is 0 Å². The van der Waals surface area contributed by atoms with Gasteiger partial charge in [0.05, 0.1) is 0 Å². The van der Waals surface area contributed by atoms with E-state index in [1.54, 1.807) is 12.1 Å². The summed E-state index contributed by atoms with van der Waals surface area (Å²) in [5.41, 5.74) is 6.42. The maximum atomic E-state index is 11.9. The Kier molecular flexibility index (Phi) is 2.96. The second kappa shape index (κ2) is 4.40. The number of aromatic nitrogens is 2. The van der Waals surface area contributed by atoms with Crippen molar-refractivity contribution in [1.29, 1.82) is 0 Å². The van der Waals surface area contributed by atoms with Crippen LogP contribution in [0.5, 0.6) is 0 Å². The van der Waals surface area contributed by atoms with E-state index in [9.17, 15) is 4.79 Å². The summed E-state index contributed by atoms with van der Waals surface area (Å²) >= 11 is 1.38. The fraction of sp³-hybridized carbons (Fsp3) is 0.182. The van der Waals surface area contributed by atoms with Gasteiger partial charge in [-0.05, 0) is 18.3 Å². The van der Waals surface area contributed by atoms with Crippen molar-refractivity contribution in [2.75, 3.05) is 5.73 Å². The van der Waals surface area contributed by atoms with E-state index in [4.69, 9.17) is 5.73 Å². The minimum atomic E-state index is 0.0163. The number of nitrogen functional groups attached to an aromatic ring is 1. The van der Waals surface area contributed by atoms with Crippen molar-refractivity contribution in [2.45, 2.75) is 13.5 Å². The molecule has 0 aliphatic rings. The van der Waals surface area contributed by atoms with Crippen molar-refractivity contribution in [1.82, 2.24) is 5.10 Å². The molecule has 4 nitrogen and oxygen atoms in total. The lowest BCUT2D eigenvalue weighted by atomic mass is 10.1. The van der Waals surface area contributed by atoms with Gasteiger partial charge in [0, 0.05) is 5.56 Å². The Labute approximate surface area is 97.3 Å². The van der Waals surface area contributed by atoms with Crippen molar-refractivity contribution in [3.63, 3.8) is 0 Å². The molecule has 0 aliphatic heterocycles. The van der Waals surface area contributed by atoms with E-state index in [-0.39, 0.29) is 12.3 Å². The predicted molar refractivity (Wildman–Crippen MR) is 62.2 cm³/mol. The van der Waals surface area contributed by atoms with Crippen LogP contribution in [0.3, 0.4) is 0 Å². The number of ketones is 1. The summed E-state index contributed by atoms with van der Waals surface area (Å²) in [5, 5.41) is 5.58. The number of nitrogens with zero attached hydrogens (tertiary/aromatic N) is 2. The first kappa shape index (κ1) is 10.8. The van der Waals surface area contributed by atoms with Gasteiger partial charge in [0.1, 0.15) is 5.01 Å². The van der Waals surface area contributed by atoms with E-state index in [1.165, 1.54) is 16.0 Å². The van der Waals surface area contributed by atoms with Crippen LogP contribution in [0.25, 0.3) is 0 Å². The highest BCUT2D eigenvalue weighted by Gasteiger charge is 2.16. The Morgan fingerprint density at radius 1 is 1.44 bits per heavy atom. The predicted octanol–water partition coefficient (Wildman–Crippen LogP) is 1.20. The molecule has 1 heterocycles.